The van der Waals surface area contributed by atoms with Gasteiger partial charge in [0.25, 0.3) is 17.7 Å². The number of ether oxygens (including phenoxy) is 2. The maximum absolute atomic E-state index is 13.8. The molecule has 70 heavy (non-hydrogen) atoms. The number of nitrogens with zero attached hydrogens (tertiary/aromatic N) is 11. The molecule has 0 spiro atoms. The van der Waals surface area contributed by atoms with E-state index in [0.717, 1.165) is 10.6 Å². The number of aryl methyl sites for hydroxylation is 4. The fourth-order valence-electron chi connectivity index (χ4n) is 8.44. The van der Waals surface area contributed by atoms with E-state index in [1.54, 1.807) is 47.6 Å². The van der Waals surface area contributed by atoms with Gasteiger partial charge in [-0.05, 0) is 70.5 Å². The van der Waals surface area contributed by atoms with Crippen LogP contribution in [0.25, 0.3) is 44.5 Å². The number of amides is 6. The van der Waals surface area contributed by atoms with Crippen molar-refractivity contribution in [3.05, 3.63) is 95.1 Å². The van der Waals surface area contributed by atoms with Gasteiger partial charge in [-0.15, -0.1) is 0 Å². The summed E-state index contributed by atoms with van der Waals surface area (Å²) in [5.74, 6) is -1.69. The number of nitrogens with two attached hydrogens (primary N) is 2. The lowest BCUT2D eigenvalue weighted by Gasteiger charge is -2.19. The van der Waals surface area contributed by atoms with Crippen molar-refractivity contribution in [2.75, 3.05) is 39.2 Å². The Labute approximate surface area is 400 Å². The molecule has 8 rings (SSSR count). The van der Waals surface area contributed by atoms with Gasteiger partial charge in [-0.25, -0.2) is 15.0 Å². The second-order valence-electron chi connectivity index (χ2n) is 16.6. The van der Waals surface area contributed by atoms with Crippen LogP contribution >= 0.6 is 0 Å². The molecule has 1 aliphatic rings. The number of hydrogen-bond donors (Lipinski definition) is 3. The number of primary amides is 2. The van der Waals surface area contributed by atoms with Crippen LogP contribution in [0.4, 0.5) is 5.95 Å². The van der Waals surface area contributed by atoms with Crippen molar-refractivity contribution in [2.24, 2.45) is 11.5 Å². The smallest absolute Gasteiger partial charge is 0.276 e. The first-order valence-corrected chi connectivity index (χ1v) is 22.6. The number of anilines is 1. The number of rotatable bonds is 20. The highest BCUT2D eigenvalue weighted by Crippen LogP contribution is 2.37. The zero-order valence-electron chi connectivity index (χ0n) is 39.6. The topological polar surface area (TPSA) is 276 Å². The first-order chi connectivity index (χ1) is 33.6. The van der Waals surface area contributed by atoms with E-state index in [9.17, 15) is 28.8 Å². The highest BCUT2D eigenvalue weighted by molar-refractivity contribution is 6.13. The quantitative estimate of drug-likeness (QED) is 0.0556. The Hall–Kier alpha value is -8.69. The van der Waals surface area contributed by atoms with Gasteiger partial charge in [0.05, 0.1) is 36.1 Å². The number of imide groups is 1. The van der Waals surface area contributed by atoms with Crippen molar-refractivity contribution < 1.29 is 38.2 Å². The maximum Gasteiger partial charge on any atom is 0.276 e. The summed E-state index contributed by atoms with van der Waals surface area (Å²) in [5.41, 5.74) is 16.4. The summed E-state index contributed by atoms with van der Waals surface area (Å²) >= 11 is 0. The highest BCUT2D eigenvalue weighted by atomic mass is 16.5. The van der Waals surface area contributed by atoms with Gasteiger partial charge < -0.3 is 35.0 Å². The van der Waals surface area contributed by atoms with E-state index in [4.69, 9.17) is 35.9 Å². The molecule has 0 radical (unpaired) electrons. The summed E-state index contributed by atoms with van der Waals surface area (Å²) in [4.78, 5) is 92.9. The van der Waals surface area contributed by atoms with Crippen LogP contribution in [0.2, 0.25) is 0 Å². The number of carbonyl (C=O) groups excluding carboxylic acids is 6. The molecule has 5 aromatic heterocycles. The minimum Gasteiger partial charge on any atom is -0.494 e. The third-order valence-electron chi connectivity index (χ3n) is 11.9. The molecule has 0 bridgehead atoms. The molecule has 22 heteroatoms. The Kier molecular flexibility index (Phi) is 13.6. The summed E-state index contributed by atoms with van der Waals surface area (Å²) in [5, 5.41) is 13.2. The number of fused-ring (bicyclic) bond motifs is 4. The molecule has 0 saturated carbocycles. The van der Waals surface area contributed by atoms with Crippen LogP contribution < -0.4 is 26.3 Å². The Bertz CT molecular complexity index is 3300. The van der Waals surface area contributed by atoms with Gasteiger partial charge in [0.15, 0.2) is 5.82 Å². The van der Waals surface area contributed by atoms with Gasteiger partial charge in [0.1, 0.15) is 34.1 Å². The Morgan fingerprint density at radius 3 is 2.14 bits per heavy atom. The van der Waals surface area contributed by atoms with Gasteiger partial charge >= 0.3 is 0 Å². The zero-order valence-corrected chi connectivity index (χ0v) is 39.6. The number of methoxy groups -OCH3 is 1. The minimum absolute atomic E-state index is 0.0270. The summed E-state index contributed by atoms with van der Waals surface area (Å²) in [6.07, 6.45) is 8.20. The van der Waals surface area contributed by atoms with E-state index < -0.39 is 29.5 Å². The summed E-state index contributed by atoms with van der Waals surface area (Å²) in [6, 6.07) is 9.91. The van der Waals surface area contributed by atoms with Crippen LogP contribution in [0.5, 0.6) is 11.5 Å². The van der Waals surface area contributed by atoms with Gasteiger partial charge in [0.2, 0.25) is 23.7 Å². The Morgan fingerprint density at radius 1 is 0.800 bits per heavy atom. The van der Waals surface area contributed by atoms with Crippen molar-refractivity contribution in [1.29, 1.82) is 0 Å². The predicted molar refractivity (Wildman–Crippen MR) is 258 cm³/mol. The van der Waals surface area contributed by atoms with E-state index >= 15 is 0 Å². The number of nitrogens with one attached hydrogen (secondary N) is 1. The third-order valence-corrected chi connectivity index (χ3v) is 11.9. The first-order valence-electron chi connectivity index (χ1n) is 22.6. The molecule has 0 saturated heterocycles. The van der Waals surface area contributed by atoms with E-state index in [2.05, 4.69) is 15.5 Å². The summed E-state index contributed by atoms with van der Waals surface area (Å²) < 4.78 is 19.3. The number of benzene rings is 2. The normalized spacial score (nSPS) is 12.6. The molecule has 6 amide bonds. The standard InChI is InChI=1S/C48H52N14O8/c1-7-61-34(20-27(3)55-61)45-51-26-32-31-22-29(43(49)66)25-37(70-19-11-15-57(5)38(63)14-18-58-39(64)12-13-40(58)65)41(31)59(46(32)53-45)16-9-10-17-60-42-33(23-30(44(50)67)24-36(42)69-6)52-48(60)54-47(68)35-21-28(4)56-62(35)8-2/h9-10,12-13,20-26H,7-8,11,14-19H2,1-6H3,(H2,49,66)(H2,50,67)(H,52,54,68)/b10-9+. The zero-order chi connectivity index (χ0) is 50.0. The van der Waals surface area contributed by atoms with Crippen LogP contribution in [-0.2, 0) is 40.6 Å². The van der Waals surface area contributed by atoms with Gasteiger partial charge in [-0.2, -0.15) is 10.2 Å². The molecule has 5 N–H and O–H groups in total. The molecule has 1 aliphatic heterocycles. The first kappa shape index (κ1) is 47.8. The molecule has 22 nitrogen and oxygen atoms in total. The lowest BCUT2D eigenvalue weighted by Crippen LogP contribution is -2.36. The molecular weight excluding hydrogens is 901 g/mol. The SMILES string of the molecule is CCn1nc(C)cc1C(=O)Nc1nc2cc(C(N)=O)cc(OC)c2n1C/C=C/Cn1c2nc(-c3cc(C)nn3CC)ncc2c2cc(C(N)=O)cc(OCCCN(C)C(=O)CCN3C(=O)C=CC3=O)c21. The molecule has 0 fully saturated rings. The van der Waals surface area contributed by atoms with Crippen molar-refractivity contribution in [3.8, 4) is 23.0 Å². The molecule has 6 heterocycles. The van der Waals surface area contributed by atoms with E-state index in [1.165, 1.54) is 36.3 Å². The van der Waals surface area contributed by atoms with Crippen LogP contribution in [0.1, 0.15) is 69.3 Å². The van der Waals surface area contributed by atoms with Crippen molar-refractivity contribution in [1.82, 2.24) is 53.4 Å². The van der Waals surface area contributed by atoms with E-state index in [1.807, 2.05) is 48.2 Å². The third kappa shape index (κ3) is 9.42. The number of aromatic nitrogens is 9. The fraction of sp³-hybridized carbons (Fsp3) is 0.312. The van der Waals surface area contributed by atoms with Crippen LogP contribution in [0.15, 0.2) is 66.9 Å². The van der Waals surface area contributed by atoms with E-state index in [-0.39, 0.29) is 55.6 Å². The van der Waals surface area contributed by atoms with Crippen molar-refractivity contribution >= 4 is 74.4 Å². The fourth-order valence-corrected chi connectivity index (χ4v) is 8.44. The minimum atomic E-state index is -0.676. The average Bonchev–Trinajstić information content (AvgIpc) is 4.16. The number of hydrogen-bond acceptors (Lipinski definition) is 13. The van der Waals surface area contributed by atoms with Crippen molar-refractivity contribution in [3.63, 3.8) is 0 Å². The maximum atomic E-state index is 13.8. The Balaban J connectivity index is 1.14. The monoisotopic (exact) mass is 952 g/mol. The number of allylic oxidation sites excluding steroid dienone is 2. The molecule has 7 aromatic rings. The second kappa shape index (κ2) is 19.9. The van der Waals surface area contributed by atoms with Crippen molar-refractivity contribution in [2.45, 2.75) is 66.7 Å². The molecule has 0 unspecified atom stereocenters. The summed E-state index contributed by atoms with van der Waals surface area (Å²) in [6.45, 7) is 9.37. The van der Waals surface area contributed by atoms with Gasteiger partial charge in [-0.3, -0.25) is 48.3 Å². The van der Waals surface area contributed by atoms with Crippen LogP contribution in [0, 0.1) is 13.8 Å². The Morgan fingerprint density at radius 2 is 1.46 bits per heavy atom. The van der Waals surface area contributed by atoms with Crippen LogP contribution in [-0.4, -0.2) is 123 Å². The average molecular weight is 953 g/mol. The highest BCUT2D eigenvalue weighted by Gasteiger charge is 2.26. The molecular formula is C48H52N14O8. The lowest BCUT2D eigenvalue weighted by molar-refractivity contribution is -0.138. The molecule has 0 aliphatic carbocycles. The molecule has 0 atom stereocenters. The predicted octanol–water partition coefficient (Wildman–Crippen LogP) is 3.91. The van der Waals surface area contributed by atoms with Gasteiger partial charge in [-0.1, -0.05) is 12.2 Å². The van der Waals surface area contributed by atoms with Crippen LogP contribution in [0.3, 0.4) is 0 Å². The van der Waals surface area contributed by atoms with E-state index in [0.29, 0.717) is 93.4 Å². The second-order valence-corrected chi connectivity index (χ2v) is 16.6. The largest absolute Gasteiger partial charge is 0.494 e. The summed E-state index contributed by atoms with van der Waals surface area (Å²) in [7, 11) is 3.10. The number of carbonyl (C=O) groups is 6. The number of imidazole rings is 1. The molecule has 362 valence electrons. The molecule has 2 aromatic carbocycles. The van der Waals surface area contributed by atoms with Gasteiger partial charge in [0, 0.05) is 93.0 Å². The lowest BCUT2D eigenvalue weighted by atomic mass is 10.1.